The maximum atomic E-state index is 12.6. The van der Waals surface area contributed by atoms with Gasteiger partial charge < -0.3 is 10.1 Å². The Bertz CT molecular complexity index is 860. The number of nitrogens with zero attached hydrogens (tertiary/aromatic N) is 1. The van der Waals surface area contributed by atoms with Crippen molar-refractivity contribution in [2.75, 3.05) is 11.9 Å². The smallest absolute Gasteiger partial charge is 0.364 e. The minimum atomic E-state index is -4.45. The molecule has 0 aliphatic heterocycles. The van der Waals surface area contributed by atoms with Crippen molar-refractivity contribution in [3.63, 3.8) is 0 Å². The number of carbonyl (C=O) groups is 1. The third-order valence-corrected chi connectivity index (χ3v) is 4.28. The van der Waals surface area contributed by atoms with Gasteiger partial charge in [0.2, 0.25) is 5.91 Å². The number of thiazole rings is 1. The Balaban J connectivity index is 1.53. The molecule has 2 aromatic carbocycles. The highest BCUT2D eigenvalue weighted by Gasteiger charge is 2.30. The molecule has 0 bridgehead atoms. The number of halogens is 3. The second-order valence-corrected chi connectivity index (χ2v) is 6.31. The standard InChI is InChI=1S/C17H13F3N2O2S/c18-17(19,20)11-4-3-5-12(8-11)21-15(23)9-24-10-16-22-13-6-1-2-7-14(13)25-16/h1-8H,9-10H2,(H,21,23). The van der Waals surface area contributed by atoms with Crippen molar-refractivity contribution < 1.29 is 22.7 Å². The molecule has 0 fully saturated rings. The number of hydrogen-bond acceptors (Lipinski definition) is 4. The number of alkyl halides is 3. The van der Waals surface area contributed by atoms with Crippen molar-refractivity contribution >= 4 is 33.1 Å². The minimum Gasteiger partial charge on any atom is -0.364 e. The molecule has 1 aromatic heterocycles. The molecule has 0 radical (unpaired) electrons. The molecule has 0 spiro atoms. The topological polar surface area (TPSA) is 51.2 Å². The van der Waals surface area contributed by atoms with E-state index in [1.54, 1.807) is 0 Å². The first-order valence-corrected chi connectivity index (χ1v) is 8.13. The molecule has 0 saturated heterocycles. The van der Waals surface area contributed by atoms with Crippen LogP contribution < -0.4 is 5.32 Å². The molecule has 0 saturated carbocycles. The van der Waals surface area contributed by atoms with Crippen LogP contribution in [-0.2, 0) is 22.3 Å². The van der Waals surface area contributed by atoms with Gasteiger partial charge in [-0.25, -0.2) is 4.98 Å². The van der Waals surface area contributed by atoms with Crippen molar-refractivity contribution in [1.29, 1.82) is 0 Å². The minimum absolute atomic E-state index is 0.0726. The van der Waals surface area contributed by atoms with E-state index in [0.717, 1.165) is 27.4 Å². The summed E-state index contributed by atoms with van der Waals surface area (Å²) in [6, 6.07) is 12.1. The van der Waals surface area contributed by atoms with Crippen LogP contribution >= 0.6 is 11.3 Å². The molecule has 1 amide bonds. The maximum Gasteiger partial charge on any atom is 0.416 e. The SMILES string of the molecule is O=C(COCc1nc2ccccc2s1)Nc1cccc(C(F)(F)F)c1. The van der Waals surface area contributed by atoms with Gasteiger partial charge in [0.1, 0.15) is 11.6 Å². The first-order valence-electron chi connectivity index (χ1n) is 7.31. The van der Waals surface area contributed by atoms with E-state index in [-0.39, 0.29) is 18.9 Å². The van der Waals surface area contributed by atoms with Gasteiger partial charge >= 0.3 is 6.18 Å². The highest BCUT2D eigenvalue weighted by Crippen LogP contribution is 2.30. The summed E-state index contributed by atoms with van der Waals surface area (Å²) < 4.78 is 44.2. The van der Waals surface area contributed by atoms with Crippen molar-refractivity contribution in [1.82, 2.24) is 4.98 Å². The molecular formula is C17H13F3N2O2S. The second kappa shape index (κ2) is 7.20. The molecular weight excluding hydrogens is 353 g/mol. The Morgan fingerprint density at radius 2 is 1.96 bits per heavy atom. The van der Waals surface area contributed by atoms with E-state index in [9.17, 15) is 18.0 Å². The molecule has 1 heterocycles. The lowest BCUT2D eigenvalue weighted by Crippen LogP contribution is -2.18. The van der Waals surface area contributed by atoms with Crippen LogP contribution in [0.2, 0.25) is 0 Å². The molecule has 0 atom stereocenters. The Labute approximate surface area is 145 Å². The van der Waals surface area contributed by atoms with E-state index in [0.29, 0.717) is 0 Å². The summed E-state index contributed by atoms with van der Waals surface area (Å²) in [6.07, 6.45) is -4.45. The highest BCUT2D eigenvalue weighted by molar-refractivity contribution is 7.18. The summed E-state index contributed by atoms with van der Waals surface area (Å²) >= 11 is 1.46. The fourth-order valence-electron chi connectivity index (χ4n) is 2.18. The van der Waals surface area contributed by atoms with Crippen LogP contribution in [0.25, 0.3) is 10.2 Å². The Hall–Kier alpha value is -2.45. The number of hydrogen-bond donors (Lipinski definition) is 1. The number of ether oxygens (including phenoxy) is 1. The summed E-state index contributed by atoms with van der Waals surface area (Å²) in [5.41, 5.74) is 0.114. The summed E-state index contributed by atoms with van der Waals surface area (Å²) in [5, 5.41) is 3.12. The van der Waals surface area contributed by atoms with Crippen LogP contribution in [0.4, 0.5) is 18.9 Å². The quantitative estimate of drug-likeness (QED) is 0.725. The maximum absolute atomic E-state index is 12.6. The number of carbonyl (C=O) groups excluding carboxylic acids is 1. The number of para-hydroxylation sites is 1. The Morgan fingerprint density at radius 1 is 1.16 bits per heavy atom. The van der Waals surface area contributed by atoms with Crippen molar-refractivity contribution in [2.45, 2.75) is 12.8 Å². The van der Waals surface area contributed by atoms with Gasteiger partial charge in [0.05, 0.1) is 22.4 Å². The molecule has 4 nitrogen and oxygen atoms in total. The molecule has 1 N–H and O–H groups in total. The number of benzene rings is 2. The molecule has 25 heavy (non-hydrogen) atoms. The van der Waals surface area contributed by atoms with E-state index in [4.69, 9.17) is 4.74 Å². The molecule has 0 unspecified atom stereocenters. The summed E-state index contributed by atoms with van der Waals surface area (Å²) in [7, 11) is 0. The number of nitrogens with one attached hydrogen (secondary N) is 1. The van der Waals surface area contributed by atoms with Gasteiger partial charge in [-0.1, -0.05) is 18.2 Å². The zero-order valence-electron chi connectivity index (χ0n) is 12.8. The van der Waals surface area contributed by atoms with E-state index in [2.05, 4.69) is 10.3 Å². The Kier molecular flexibility index (Phi) is 5.00. The fourth-order valence-corrected chi connectivity index (χ4v) is 3.09. The lowest BCUT2D eigenvalue weighted by Gasteiger charge is -2.09. The van der Waals surface area contributed by atoms with Gasteiger partial charge in [-0.05, 0) is 30.3 Å². The van der Waals surface area contributed by atoms with Gasteiger partial charge in [0.25, 0.3) is 0 Å². The lowest BCUT2D eigenvalue weighted by atomic mass is 10.2. The second-order valence-electron chi connectivity index (χ2n) is 5.19. The zero-order valence-corrected chi connectivity index (χ0v) is 13.7. The van der Waals surface area contributed by atoms with Gasteiger partial charge in [-0.15, -0.1) is 11.3 Å². The third-order valence-electron chi connectivity index (χ3n) is 3.27. The number of amides is 1. The number of rotatable bonds is 5. The first-order chi connectivity index (χ1) is 11.9. The van der Waals surface area contributed by atoms with Crippen LogP contribution in [0.3, 0.4) is 0 Å². The van der Waals surface area contributed by atoms with E-state index < -0.39 is 17.6 Å². The van der Waals surface area contributed by atoms with Crippen molar-refractivity contribution in [3.05, 3.63) is 59.1 Å². The number of anilines is 1. The number of aromatic nitrogens is 1. The largest absolute Gasteiger partial charge is 0.416 e. The van der Waals surface area contributed by atoms with Gasteiger partial charge in [-0.2, -0.15) is 13.2 Å². The number of fused-ring (bicyclic) bond motifs is 1. The van der Waals surface area contributed by atoms with Crippen molar-refractivity contribution in [2.24, 2.45) is 0 Å². The zero-order chi connectivity index (χ0) is 17.9. The summed E-state index contributed by atoms with van der Waals surface area (Å²) in [6.45, 7) is -0.110. The van der Waals surface area contributed by atoms with E-state index in [1.165, 1.54) is 23.5 Å². The first kappa shape index (κ1) is 17.4. The average molecular weight is 366 g/mol. The highest BCUT2D eigenvalue weighted by atomic mass is 32.1. The van der Waals surface area contributed by atoms with Gasteiger partial charge in [0, 0.05) is 5.69 Å². The van der Waals surface area contributed by atoms with Gasteiger partial charge in [0.15, 0.2) is 0 Å². The molecule has 0 aliphatic carbocycles. The van der Waals surface area contributed by atoms with E-state index >= 15 is 0 Å². The normalized spacial score (nSPS) is 11.6. The van der Waals surface area contributed by atoms with Crippen LogP contribution in [0, 0.1) is 0 Å². The van der Waals surface area contributed by atoms with E-state index in [1.807, 2.05) is 24.3 Å². The lowest BCUT2D eigenvalue weighted by molar-refractivity contribution is -0.137. The fraction of sp³-hybridized carbons (Fsp3) is 0.176. The Morgan fingerprint density at radius 3 is 2.72 bits per heavy atom. The van der Waals surface area contributed by atoms with Crippen LogP contribution in [0.15, 0.2) is 48.5 Å². The molecule has 3 aromatic rings. The van der Waals surface area contributed by atoms with Crippen LogP contribution in [-0.4, -0.2) is 17.5 Å². The summed E-state index contributed by atoms with van der Waals surface area (Å²) in [4.78, 5) is 16.2. The van der Waals surface area contributed by atoms with Gasteiger partial charge in [-0.3, -0.25) is 4.79 Å². The van der Waals surface area contributed by atoms with Crippen molar-refractivity contribution in [3.8, 4) is 0 Å². The summed E-state index contributed by atoms with van der Waals surface area (Å²) in [5.74, 6) is -0.527. The molecule has 0 aliphatic rings. The third kappa shape index (κ3) is 4.55. The molecule has 3 rings (SSSR count). The monoisotopic (exact) mass is 366 g/mol. The van der Waals surface area contributed by atoms with Crippen LogP contribution in [0.1, 0.15) is 10.6 Å². The van der Waals surface area contributed by atoms with Crippen LogP contribution in [0.5, 0.6) is 0 Å². The molecule has 8 heteroatoms. The predicted molar refractivity (Wildman–Crippen MR) is 89.3 cm³/mol. The predicted octanol–water partition coefficient (Wildman–Crippen LogP) is 4.47. The molecule has 130 valence electrons. The average Bonchev–Trinajstić information content (AvgIpc) is 2.97.